The molecule has 0 aliphatic rings. The van der Waals surface area contributed by atoms with Gasteiger partial charge in [-0.3, -0.25) is 4.99 Å². The number of hydrogen-bond acceptors (Lipinski definition) is 5. The van der Waals surface area contributed by atoms with Crippen molar-refractivity contribution in [1.82, 2.24) is 10.6 Å². The molecule has 28 heavy (non-hydrogen) atoms. The summed E-state index contributed by atoms with van der Waals surface area (Å²) in [5, 5.41) is 6.61. The summed E-state index contributed by atoms with van der Waals surface area (Å²) in [6.45, 7) is 1.29. The van der Waals surface area contributed by atoms with E-state index in [-0.39, 0.29) is 0 Å². The van der Waals surface area contributed by atoms with Crippen LogP contribution in [0.4, 0.5) is 0 Å². The summed E-state index contributed by atoms with van der Waals surface area (Å²) >= 11 is 0. The molecule has 0 fully saturated rings. The van der Waals surface area contributed by atoms with E-state index in [0.717, 1.165) is 41.3 Å². The molecule has 0 spiro atoms. The molecule has 0 saturated heterocycles. The second kappa shape index (κ2) is 10.9. The SMILES string of the molecule is CN=C(NCCc1ccc(OC)c(OC)c1)NCc1cccc(OC)c1OC. The predicted octanol–water partition coefficient (Wildman–Crippen LogP) is 2.63. The smallest absolute Gasteiger partial charge is 0.191 e. The van der Waals surface area contributed by atoms with E-state index in [1.54, 1.807) is 35.5 Å². The first-order valence-corrected chi connectivity index (χ1v) is 9.02. The Morgan fingerprint density at radius 2 is 1.61 bits per heavy atom. The van der Waals surface area contributed by atoms with E-state index in [1.165, 1.54) is 0 Å². The van der Waals surface area contributed by atoms with Gasteiger partial charge >= 0.3 is 0 Å². The Morgan fingerprint density at radius 3 is 2.25 bits per heavy atom. The Morgan fingerprint density at radius 1 is 0.857 bits per heavy atom. The standard InChI is InChI=1S/C21H29N3O4/c1-22-21(24-14-16-7-6-8-18(26-3)20(16)28-5)23-12-11-15-9-10-17(25-2)19(13-15)27-4/h6-10,13H,11-12,14H2,1-5H3,(H2,22,23,24). The Bertz CT molecular complexity index is 793. The number of hydrogen-bond donors (Lipinski definition) is 2. The Balaban J connectivity index is 1.90. The van der Waals surface area contributed by atoms with Gasteiger partial charge in [0.2, 0.25) is 0 Å². The maximum absolute atomic E-state index is 5.47. The van der Waals surface area contributed by atoms with Gasteiger partial charge in [-0.15, -0.1) is 0 Å². The van der Waals surface area contributed by atoms with Gasteiger partial charge in [-0.25, -0.2) is 0 Å². The van der Waals surface area contributed by atoms with E-state index in [9.17, 15) is 0 Å². The molecule has 0 amide bonds. The number of benzene rings is 2. The van der Waals surface area contributed by atoms with Crippen molar-refractivity contribution in [2.24, 2.45) is 4.99 Å². The van der Waals surface area contributed by atoms with Crippen LogP contribution in [0.15, 0.2) is 41.4 Å². The molecule has 2 aromatic carbocycles. The molecule has 0 heterocycles. The summed E-state index contributed by atoms with van der Waals surface area (Å²) in [7, 11) is 8.28. The average molecular weight is 387 g/mol. The number of aliphatic imine (C=N–C) groups is 1. The zero-order chi connectivity index (χ0) is 20.4. The van der Waals surface area contributed by atoms with E-state index in [4.69, 9.17) is 18.9 Å². The molecule has 7 heteroatoms. The molecule has 0 unspecified atom stereocenters. The predicted molar refractivity (Wildman–Crippen MR) is 111 cm³/mol. The van der Waals surface area contributed by atoms with E-state index < -0.39 is 0 Å². The van der Waals surface area contributed by atoms with Gasteiger partial charge in [0.25, 0.3) is 0 Å². The lowest BCUT2D eigenvalue weighted by Crippen LogP contribution is -2.37. The van der Waals surface area contributed by atoms with Gasteiger partial charge in [-0.05, 0) is 30.2 Å². The average Bonchev–Trinajstić information content (AvgIpc) is 2.75. The minimum Gasteiger partial charge on any atom is -0.493 e. The van der Waals surface area contributed by atoms with E-state index in [1.807, 2.05) is 36.4 Å². The summed E-state index contributed by atoms with van der Waals surface area (Å²) < 4.78 is 21.4. The number of methoxy groups -OCH3 is 4. The maximum Gasteiger partial charge on any atom is 0.191 e. The topological polar surface area (TPSA) is 73.3 Å². The highest BCUT2D eigenvalue weighted by Crippen LogP contribution is 2.30. The number of para-hydroxylation sites is 1. The van der Waals surface area contributed by atoms with Gasteiger partial charge in [0, 0.05) is 25.7 Å². The van der Waals surface area contributed by atoms with Crippen LogP contribution in [0.25, 0.3) is 0 Å². The van der Waals surface area contributed by atoms with Gasteiger partial charge in [-0.1, -0.05) is 18.2 Å². The van der Waals surface area contributed by atoms with Crippen LogP contribution in [0, 0.1) is 0 Å². The molecule has 0 atom stereocenters. The molecule has 0 saturated carbocycles. The van der Waals surface area contributed by atoms with E-state index in [0.29, 0.717) is 18.3 Å². The van der Waals surface area contributed by atoms with Crippen molar-refractivity contribution in [3.63, 3.8) is 0 Å². The lowest BCUT2D eigenvalue weighted by Gasteiger charge is -2.15. The molecular formula is C21H29N3O4. The molecular weight excluding hydrogens is 358 g/mol. The zero-order valence-electron chi connectivity index (χ0n) is 17.2. The van der Waals surface area contributed by atoms with Crippen molar-refractivity contribution in [2.45, 2.75) is 13.0 Å². The highest BCUT2D eigenvalue weighted by molar-refractivity contribution is 5.79. The third-order valence-corrected chi connectivity index (χ3v) is 4.31. The van der Waals surface area contributed by atoms with Crippen molar-refractivity contribution < 1.29 is 18.9 Å². The lowest BCUT2D eigenvalue weighted by molar-refractivity contribution is 0.351. The molecule has 2 aromatic rings. The lowest BCUT2D eigenvalue weighted by atomic mass is 10.1. The molecule has 7 nitrogen and oxygen atoms in total. The van der Waals surface area contributed by atoms with Crippen LogP contribution in [0.2, 0.25) is 0 Å². The molecule has 0 bridgehead atoms. The van der Waals surface area contributed by atoms with Crippen LogP contribution in [0.1, 0.15) is 11.1 Å². The minimum absolute atomic E-state index is 0.566. The first-order chi connectivity index (χ1) is 13.7. The first kappa shape index (κ1) is 21.2. The summed E-state index contributed by atoms with van der Waals surface area (Å²) in [6.07, 6.45) is 0.823. The molecule has 2 rings (SSSR count). The highest BCUT2D eigenvalue weighted by Gasteiger charge is 2.10. The molecule has 0 aliphatic carbocycles. The molecule has 152 valence electrons. The fourth-order valence-electron chi connectivity index (χ4n) is 2.85. The van der Waals surface area contributed by atoms with Crippen LogP contribution in [0.3, 0.4) is 0 Å². The number of ether oxygens (including phenoxy) is 4. The summed E-state index contributed by atoms with van der Waals surface area (Å²) in [4.78, 5) is 4.27. The quantitative estimate of drug-likeness (QED) is 0.509. The Kier molecular flexibility index (Phi) is 8.27. The van der Waals surface area contributed by atoms with Gasteiger partial charge < -0.3 is 29.6 Å². The van der Waals surface area contributed by atoms with Crippen LogP contribution >= 0.6 is 0 Å². The summed E-state index contributed by atoms with van der Waals surface area (Å²) in [6, 6.07) is 11.7. The van der Waals surface area contributed by atoms with Gasteiger partial charge in [0.15, 0.2) is 29.0 Å². The Hall–Kier alpha value is -3.09. The maximum atomic E-state index is 5.47. The highest BCUT2D eigenvalue weighted by atomic mass is 16.5. The normalized spacial score (nSPS) is 11.0. The third kappa shape index (κ3) is 5.45. The third-order valence-electron chi connectivity index (χ3n) is 4.31. The van der Waals surface area contributed by atoms with Crippen molar-refractivity contribution in [2.75, 3.05) is 42.0 Å². The van der Waals surface area contributed by atoms with Crippen LogP contribution in [-0.4, -0.2) is 48.0 Å². The van der Waals surface area contributed by atoms with Crippen molar-refractivity contribution in [3.05, 3.63) is 47.5 Å². The second-order valence-electron chi connectivity index (χ2n) is 5.94. The monoisotopic (exact) mass is 387 g/mol. The van der Waals surface area contributed by atoms with Crippen molar-refractivity contribution in [3.8, 4) is 23.0 Å². The van der Waals surface area contributed by atoms with Crippen LogP contribution < -0.4 is 29.6 Å². The van der Waals surface area contributed by atoms with E-state index >= 15 is 0 Å². The first-order valence-electron chi connectivity index (χ1n) is 9.02. The summed E-state index contributed by atoms with van der Waals surface area (Å²) in [5.41, 5.74) is 2.14. The molecule has 0 aromatic heterocycles. The van der Waals surface area contributed by atoms with Gasteiger partial charge in [0.1, 0.15) is 0 Å². The van der Waals surface area contributed by atoms with Gasteiger partial charge in [-0.2, -0.15) is 0 Å². The molecule has 2 N–H and O–H groups in total. The number of nitrogens with zero attached hydrogens (tertiary/aromatic N) is 1. The van der Waals surface area contributed by atoms with Crippen molar-refractivity contribution in [1.29, 1.82) is 0 Å². The van der Waals surface area contributed by atoms with E-state index in [2.05, 4.69) is 15.6 Å². The fraction of sp³-hybridized carbons (Fsp3) is 0.381. The molecule has 0 aliphatic heterocycles. The molecule has 0 radical (unpaired) electrons. The zero-order valence-corrected chi connectivity index (χ0v) is 17.2. The second-order valence-corrected chi connectivity index (χ2v) is 5.94. The number of rotatable bonds is 9. The van der Waals surface area contributed by atoms with Crippen LogP contribution in [-0.2, 0) is 13.0 Å². The number of nitrogens with one attached hydrogen (secondary N) is 2. The minimum atomic E-state index is 0.566. The largest absolute Gasteiger partial charge is 0.493 e. The fourth-order valence-corrected chi connectivity index (χ4v) is 2.85. The van der Waals surface area contributed by atoms with Crippen molar-refractivity contribution >= 4 is 5.96 Å². The summed E-state index contributed by atoms with van der Waals surface area (Å²) in [5.74, 6) is 3.60. The Labute approximate surface area is 166 Å². The van der Waals surface area contributed by atoms with Gasteiger partial charge in [0.05, 0.1) is 28.4 Å². The van der Waals surface area contributed by atoms with Crippen LogP contribution in [0.5, 0.6) is 23.0 Å². The number of guanidine groups is 1.